The van der Waals surface area contributed by atoms with Crippen LogP contribution in [-0.4, -0.2) is 91.7 Å². The quantitative estimate of drug-likeness (QED) is 0.726. The Labute approximate surface area is 175 Å². The molecule has 30 heavy (non-hydrogen) atoms. The number of benzene rings is 1. The number of carbonyl (C=O) groups is 1. The molecule has 0 spiro atoms. The second-order valence-electron chi connectivity index (χ2n) is 7.61. The lowest BCUT2D eigenvalue weighted by molar-refractivity contribution is -0.133. The van der Waals surface area contributed by atoms with Crippen LogP contribution in [0.3, 0.4) is 0 Å². The van der Waals surface area contributed by atoms with E-state index < -0.39 is 5.82 Å². The fourth-order valence-corrected chi connectivity index (χ4v) is 3.70. The Morgan fingerprint density at radius 2 is 1.57 bits per heavy atom. The minimum Gasteiger partial charge on any atom is -0.481 e. The number of nitrogens with zero attached hydrogens (tertiary/aromatic N) is 6. The van der Waals surface area contributed by atoms with E-state index in [0.717, 1.165) is 37.8 Å². The summed E-state index contributed by atoms with van der Waals surface area (Å²) in [4.78, 5) is 29.8. The fourth-order valence-electron chi connectivity index (χ4n) is 3.70. The van der Waals surface area contributed by atoms with Gasteiger partial charge < -0.3 is 24.3 Å². The van der Waals surface area contributed by atoms with Crippen molar-refractivity contribution in [2.45, 2.75) is 0 Å². The van der Waals surface area contributed by atoms with E-state index in [1.807, 2.05) is 6.07 Å². The standard InChI is InChI=1S/C21H27FN6O2/c1-25-6-8-26(9-7-25)19-14-20(24-16-23-19)27-10-12-28(13-11-27)21(29)15-30-18-5-3-2-4-17(18)22/h2-5,14,16H,6-13,15H2,1H3. The summed E-state index contributed by atoms with van der Waals surface area (Å²) in [6.07, 6.45) is 1.61. The molecule has 1 aromatic carbocycles. The van der Waals surface area contributed by atoms with Gasteiger partial charge in [0.1, 0.15) is 18.0 Å². The van der Waals surface area contributed by atoms with E-state index in [1.54, 1.807) is 23.4 Å². The molecule has 0 radical (unpaired) electrons. The molecular weight excluding hydrogens is 387 g/mol. The van der Waals surface area contributed by atoms with Gasteiger partial charge in [-0.15, -0.1) is 0 Å². The average molecular weight is 414 g/mol. The van der Waals surface area contributed by atoms with Crippen molar-refractivity contribution in [3.05, 3.63) is 42.5 Å². The van der Waals surface area contributed by atoms with Gasteiger partial charge in [0.15, 0.2) is 18.2 Å². The van der Waals surface area contributed by atoms with E-state index in [4.69, 9.17) is 4.74 Å². The van der Waals surface area contributed by atoms with Gasteiger partial charge in [-0.2, -0.15) is 0 Å². The fraction of sp³-hybridized carbons (Fsp3) is 0.476. The molecule has 0 N–H and O–H groups in total. The maximum absolute atomic E-state index is 13.6. The summed E-state index contributed by atoms with van der Waals surface area (Å²) in [6.45, 7) is 6.32. The molecule has 2 saturated heterocycles. The van der Waals surface area contributed by atoms with Crippen molar-refractivity contribution in [3.63, 3.8) is 0 Å². The number of hydrogen-bond acceptors (Lipinski definition) is 7. The van der Waals surface area contributed by atoms with Gasteiger partial charge in [0.25, 0.3) is 5.91 Å². The molecule has 8 nitrogen and oxygen atoms in total. The van der Waals surface area contributed by atoms with Gasteiger partial charge in [0.2, 0.25) is 0 Å². The highest BCUT2D eigenvalue weighted by molar-refractivity contribution is 5.78. The second kappa shape index (κ2) is 9.25. The zero-order valence-corrected chi connectivity index (χ0v) is 17.2. The van der Waals surface area contributed by atoms with Crippen LogP contribution in [0.2, 0.25) is 0 Å². The molecule has 4 rings (SSSR count). The lowest BCUT2D eigenvalue weighted by Gasteiger charge is -2.36. The Morgan fingerprint density at radius 3 is 2.20 bits per heavy atom. The Morgan fingerprint density at radius 1 is 0.967 bits per heavy atom. The molecule has 3 heterocycles. The predicted molar refractivity (Wildman–Crippen MR) is 112 cm³/mol. The smallest absolute Gasteiger partial charge is 0.260 e. The molecule has 2 aliphatic heterocycles. The number of likely N-dealkylation sites (N-methyl/N-ethyl adjacent to an activating group) is 1. The van der Waals surface area contributed by atoms with Crippen molar-refractivity contribution in [1.82, 2.24) is 19.8 Å². The van der Waals surface area contributed by atoms with Crippen LogP contribution < -0.4 is 14.5 Å². The van der Waals surface area contributed by atoms with E-state index in [1.165, 1.54) is 12.1 Å². The number of ether oxygens (including phenoxy) is 1. The summed E-state index contributed by atoms with van der Waals surface area (Å²) in [7, 11) is 2.13. The van der Waals surface area contributed by atoms with Crippen molar-refractivity contribution >= 4 is 17.5 Å². The third kappa shape index (κ3) is 4.79. The Hall–Kier alpha value is -2.94. The number of aromatic nitrogens is 2. The molecule has 2 fully saturated rings. The van der Waals surface area contributed by atoms with E-state index in [9.17, 15) is 9.18 Å². The first-order valence-electron chi connectivity index (χ1n) is 10.3. The Balaban J connectivity index is 1.29. The summed E-state index contributed by atoms with van der Waals surface area (Å²) in [5.41, 5.74) is 0. The van der Waals surface area contributed by atoms with E-state index >= 15 is 0 Å². The highest BCUT2D eigenvalue weighted by atomic mass is 19.1. The van der Waals surface area contributed by atoms with Gasteiger partial charge in [-0.1, -0.05) is 12.1 Å². The number of amides is 1. The molecule has 9 heteroatoms. The molecule has 0 saturated carbocycles. The predicted octanol–water partition coefficient (Wildman–Crippen LogP) is 1.10. The maximum Gasteiger partial charge on any atom is 0.260 e. The minimum absolute atomic E-state index is 0.0990. The molecule has 160 valence electrons. The van der Waals surface area contributed by atoms with Crippen LogP contribution >= 0.6 is 0 Å². The molecule has 0 aliphatic carbocycles. The first-order valence-corrected chi connectivity index (χ1v) is 10.3. The number of para-hydroxylation sites is 1. The summed E-state index contributed by atoms with van der Waals surface area (Å²) < 4.78 is 19.0. The zero-order chi connectivity index (χ0) is 20.9. The van der Waals surface area contributed by atoms with Crippen LogP contribution in [0.1, 0.15) is 0 Å². The van der Waals surface area contributed by atoms with Crippen molar-refractivity contribution in [3.8, 4) is 5.75 Å². The normalized spacial score (nSPS) is 17.9. The van der Waals surface area contributed by atoms with Gasteiger partial charge in [0.05, 0.1) is 0 Å². The average Bonchev–Trinajstić information content (AvgIpc) is 2.79. The Kier molecular flexibility index (Phi) is 6.27. The number of anilines is 2. The third-order valence-electron chi connectivity index (χ3n) is 5.61. The number of rotatable bonds is 5. The minimum atomic E-state index is -0.463. The van der Waals surface area contributed by atoms with Gasteiger partial charge in [-0.3, -0.25) is 4.79 Å². The van der Waals surface area contributed by atoms with E-state index in [0.29, 0.717) is 26.2 Å². The van der Waals surface area contributed by atoms with Crippen molar-refractivity contribution in [1.29, 1.82) is 0 Å². The monoisotopic (exact) mass is 414 g/mol. The lowest BCUT2D eigenvalue weighted by atomic mass is 10.3. The van der Waals surface area contributed by atoms with Crippen LogP contribution in [0.25, 0.3) is 0 Å². The molecular formula is C21H27FN6O2. The maximum atomic E-state index is 13.6. The largest absolute Gasteiger partial charge is 0.481 e. The summed E-state index contributed by atoms with van der Waals surface area (Å²) in [6, 6.07) is 8.14. The molecule has 1 amide bonds. The van der Waals surface area contributed by atoms with Crippen LogP contribution in [0, 0.1) is 5.82 Å². The first kappa shape index (κ1) is 20.3. The van der Waals surface area contributed by atoms with Crippen LogP contribution in [0.5, 0.6) is 5.75 Å². The number of carbonyl (C=O) groups excluding carboxylic acids is 1. The summed E-state index contributed by atoms with van der Waals surface area (Å²) in [5, 5.41) is 0. The number of hydrogen-bond donors (Lipinski definition) is 0. The van der Waals surface area contributed by atoms with Gasteiger partial charge in [0, 0.05) is 58.4 Å². The molecule has 0 bridgehead atoms. The SMILES string of the molecule is CN1CCN(c2cc(N3CCN(C(=O)COc4ccccc4F)CC3)ncn2)CC1. The van der Waals surface area contributed by atoms with Crippen LogP contribution in [0.4, 0.5) is 16.0 Å². The molecule has 2 aromatic rings. The zero-order valence-electron chi connectivity index (χ0n) is 17.2. The third-order valence-corrected chi connectivity index (χ3v) is 5.61. The number of halogens is 1. The topological polar surface area (TPSA) is 65.0 Å². The van der Waals surface area contributed by atoms with Gasteiger partial charge in [-0.25, -0.2) is 14.4 Å². The van der Waals surface area contributed by atoms with E-state index in [2.05, 4.69) is 31.7 Å². The van der Waals surface area contributed by atoms with E-state index in [-0.39, 0.29) is 18.3 Å². The van der Waals surface area contributed by atoms with Gasteiger partial charge >= 0.3 is 0 Å². The molecule has 0 unspecified atom stereocenters. The highest BCUT2D eigenvalue weighted by Gasteiger charge is 2.23. The van der Waals surface area contributed by atoms with Crippen molar-refractivity contribution < 1.29 is 13.9 Å². The van der Waals surface area contributed by atoms with Gasteiger partial charge in [-0.05, 0) is 19.2 Å². The lowest BCUT2D eigenvalue weighted by Crippen LogP contribution is -2.50. The van der Waals surface area contributed by atoms with Crippen LogP contribution in [0.15, 0.2) is 36.7 Å². The van der Waals surface area contributed by atoms with Crippen LogP contribution in [-0.2, 0) is 4.79 Å². The Bertz CT molecular complexity index is 866. The summed E-state index contributed by atoms with van der Waals surface area (Å²) >= 11 is 0. The molecule has 2 aliphatic rings. The van der Waals surface area contributed by atoms with Crippen molar-refractivity contribution in [2.75, 3.05) is 75.8 Å². The highest BCUT2D eigenvalue weighted by Crippen LogP contribution is 2.20. The van der Waals surface area contributed by atoms with Crippen molar-refractivity contribution in [2.24, 2.45) is 0 Å². The molecule has 0 atom stereocenters. The second-order valence-corrected chi connectivity index (χ2v) is 7.61. The number of piperazine rings is 2. The molecule has 1 aromatic heterocycles. The first-order chi connectivity index (χ1) is 14.6. The summed E-state index contributed by atoms with van der Waals surface area (Å²) in [5.74, 6) is 1.33.